The third kappa shape index (κ3) is 2.27. The lowest BCUT2D eigenvalue weighted by Crippen LogP contribution is -1.98. The number of aromatic amines is 1. The van der Waals surface area contributed by atoms with Gasteiger partial charge in [0, 0.05) is 10.9 Å². The molecule has 5 rings (SSSR count). The maximum absolute atomic E-state index is 5.46. The van der Waals surface area contributed by atoms with Gasteiger partial charge in [0.2, 0.25) is 10.9 Å². The quantitative estimate of drug-likeness (QED) is 0.505. The van der Waals surface area contributed by atoms with Gasteiger partial charge >= 0.3 is 0 Å². The molecule has 26 heavy (non-hydrogen) atoms. The molecule has 0 aliphatic carbocycles. The van der Waals surface area contributed by atoms with E-state index in [1.165, 1.54) is 17.7 Å². The summed E-state index contributed by atoms with van der Waals surface area (Å²) in [6.45, 7) is 0. The van der Waals surface area contributed by atoms with Crippen LogP contribution in [0.4, 0.5) is 11.8 Å². The van der Waals surface area contributed by atoms with Crippen molar-refractivity contribution in [3.8, 4) is 17.0 Å². The molecule has 0 saturated carbocycles. The second-order valence-electron chi connectivity index (χ2n) is 5.40. The van der Waals surface area contributed by atoms with Crippen molar-refractivity contribution >= 4 is 39.2 Å². The van der Waals surface area contributed by atoms with E-state index in [9.17, 15) is 0 Å². The number of thiazole rings is 1. The number of H-pyrrole nitrogens is 1. The van der Waals surface area contributed by atoms with E-state index in [0.717, 1.165) is 22.0 Å². The molecule has 0 saturated heterocycles. The van der Waals surface area contributed by atoms with Crippen molar-refractivity contribution in [2.24, 2.45) is 0 Å². The third-order valence-electron chi connectivity index (χ3n) is 3.92. The number of benzene rings is 1. The maximum Gasteiger partial charge on any atom is 0.249 e. The summed E-state index contributed by atoms with van der Waals surface area (Å²) in [5, 5.41) is 9.70. The van der Waals surface area contributed by atoms with Crippen LogP contribution in [-0.4, -0.2) is 41.6 Å². The molecule has 0 bridgehead atoms. The highest BCUT2D eigenvalue weighted by molar-refractivity contribution is 7.15. The van der Waals surface area contributed by atoms with Gasteiger partial charge in [0.1, 0.15) is 17.6 Å². The average Bonchev–Trinajstić information content (AvgIpc) is 3.37. The Balaban J connectivity index is 1.57. The second-order valence-corrected chi connectivity index (χ2v) is 6.24. The molecule has 0 amide bonds. The average molecular weight is 364 g/mol. The van der Waals surface area contributed by atoms with E-state index < -0.39 is 0 Å². The van der Waals surface area contributed by atoms with Crippen molar-refractivity contribution in [2.45, 2.75) is 0 Å². The number of anilines is 2. The second kappa shape index (κ2) is 5.77. The molecule has 2 N–H and O–H groups in total. The predicted octanol–water partition coefficient (Wildman–Crippen LogP) is 2.88. The van der Waals surface area contributed by atoms with E-state index in [-0.39, 0.29) is 0 Å². The van der Waals surface area contributed by atoms with Crippen molar-refractivity contribution in [3.05, 3.63) is 42.3 Å². The number of nitrogens with zero attached hydrogens (tertiary/aromatic N) is 6. The molecule has 0 aliphatic heterocycles. The van der Waals surface area contributed by atoms with E-state index in [0.29, 0.717) is 22.9 Å². The molecular formula is C16H12N8OS. The first-order chi connectivity index (χ1) is 12.8. The Labute approximate surface area is 150 Å². The summed E-state index contributed by atoms with van der Waals surface area (Å²) in [6, 6.07) is 7.82. The lowest BCUT2D eigenvalue weighted by Gasteiger charge is -2.06. The molecule has 1 aromatic carbocycles. The van der Waals surface area contributed by atoms with Crippen LogP contribution in [0.2, 0.25) is 0 Å². The first kappa shape index (κ1) is 14.8. The molecule has 0 radical (unpaired) electrons. The van der Waals surface area contributed by atoms with Crippen LogP contribution >= 0.6 is 11.3 Å². The monoisotopic (exact) mass is 364 g/mol. The summed E-state index contributed by atoms with van der Waals surface area (Å²) in [5.41, 5.74) is 3.15. The first-order valence-electron chi connectivity index (χ1n) is 7.72. The summed E-state index contributed by atoms with van der Waals surface area (Å²) in [6.07, 6.45) is 3.02. The largest absolute Gasteiger partial charge is 0.496 e. The van der Waals surface area contributed by atoms with Crippen LogP contribution in [0.3, 0.4) is 0 Å². The molecule has 10 heteroatoms. The highest BCUT2D eigenvalue weighted by Crippen LogP contribution is 2.33. The molecule has 0 spiro atoms. The summed E-state index contributed by atoms with van der Waals surface area (Å²) in [5.74, 6) is 1.80. The molecule has 4 heterocycles. The van der Waals surface area contributed by atoms with Crippen molar-refractivity contribution in [1.82, 2.24) is 34.5 Å². The zero-order valence-electron chi connectivity index (χ0n) is 13.5. The van der Waals surface area contributed by atoms with Gasteiger partial charge in [0.15, 0.2) is 11.5 Å². The topological polar surface area (TPSA) is 106 Å². The van der Waals surface area contributed by atoms with Crippen molar-refractivity contribution in [3.63, 3.8) is 0 Å². The molecule has 0 atom stereocenters. The molecular weight excluding hydrogens is 352 g/mol. The fourth-order valence-electron chi connectivity index (χ4n) is 2.74. The number of methoxy groups -OCH3 is 1. The number of aromatic nitrogens is 7. The zero-order chi connectivity index (χ0) is 17.5. The molecule has 0 unspecified atom stereocenters. The standard InChI is InChI=1S/C16H12N8OS/c1-25-11-5-3-2-4-9(11)10-6-26-16-22-15(23-24(10)16)21-14-12-13(18-7-17-12)19-8-20-14/h2-8H,1H3,(H2,17,18,19,20,21,23). The van der Waals surface area contributed by atoms with E-state index >= 15 is 0 Å². The highest BCUT2D eigenvalue weighted by atomic mass is 32.1. The van der Waals surface area contributed by atoms with Gasteiger partial charge in [-0.25, -0.2) is 19.5 Å². The molecule has 4 aromatic heterocycles. The van der Waals surface area contributed by atoms with Gasteiger partial charge in [-0.05, 0) is 12.1 Å². The van der Waals surface area contributed by atoms with Gasteiger partial charge in [0.05, 0.1) is 19.1 Å². The summed E-state index contributed by atoms with van der Waals surface area (Å²) in [4.78, 5) is 20.8. The number of hydrogen-bond acceptors (Lipinski definition) is 8. The van der Waals surface area contributed by atoms with Gasteiger partial charge in [-0.3, -0.25) is 0 Å². The first-order valence-corrected chi connectivity index (χ1v) is 8.60. The fraction of sp³-hybridized carbons (Fsp3) is 0.0625. The molecule has 0 fully saturated rings. The van der Waals surface area contributed by atoms with Gasteiger partial charge in [-0.15, -0.1) is 16.4 Å². The third-order valence-corrected chi connectivity index (χ3v) is 4.73. The van der Waals surface area contributed by atoms with Crippen molar-refractivity contribution in [2.75, 3.05) is 12.4 Å². The SMILES string of the molecule is COc1ccccc1-c1csc2nc(Nc3ncnc4nc[nH]c34)nn12. The van der Waals surface area contributed by atoms with Gasteiger partial charge in [-0.1, -0.05) is 12.1 Å². The minimum Gasteiger partial charge on any atom is -0.496 e. The minimum atomic E-state index is 0.447. The van der Waals surface area contributed by atoms with Gasteiger partial charge in [0.25, 0.3) is 0 Å². The van der Waals surface area contributed by atoms with Gasteiger partial charge in [-0.2, -0.15) is 4.98 Å². The van der Waals surface area contributed by atoms with Crippen LogP contribution in [0.25, 0.3) is 27.4 Å². The summed E-state index contributed by atoms with van der Waals surface area (Å²) >= 11 is 1.51. The van der Waals surface area contributed by atoms with E-state index in [2.05, 4.69) is 35.3 Å². The van der Waals surface area contributed by atoms with Gasteiger partial charge < -0.3 is 15.0 Å². The van der Waals surface area contributed by atoms with Crippen LogP contribution in [0.5, 0.6) is 5.75 Å². The van der Waals surface area contributed by atoms with Crippen LogP contribution in [0, 0.1) is 0 Å². The number of rotatable bonds is 4. The maximum atomic E-state index is 5.46. The van der Waals surface area contributed by atoms with Crippen LogP contribution in [-0.2, 0) is 0 Å². The van der Waals surface area contributed by atoms with Crippen molar-refractivity contribution < 1.29 is 4.74 Å². The number of nitrogens with one attached hydrogen (secondary N) is 2. The molecule has 5 aromatic rings. The Kier molecular flexibility index (Phi) is 3.28. The minimum absolute atomic E-state index is 0.447. The Hall–Kier alpha value is -3.53. The number of fused-ring (bicyclic) bond motifs is 2. The van der Waals surface area contributed by atoms with E-state index in [1.807, 2.05) is 29.6 Å². The smallest absolute Gasteiger partial charge is 0.249 e. The normalized spacial score (nSPS) is 11.3. The molecule has 9 nitrogen and oxygen atoms in total. The van der Waals surface area contributed by atoms with Crippen LogP contribution < -0.4 is 10.1 Å². The summed E-state index contributed by atoms with van der Waals surface area (Å²) < 4.78 is 7.25. The van der Waals surface area contributed by atoms with Crippen LogP contribution in [0.1, 0.15) is 0 Å². The van der Waals surface area contributed by atoms with E-state index in [1.54, 1.807) is 18.0 Å². The lowest BCUT2D eigenvalue weighted by molar-refractivity contribution is 0.416. The molecule has 0 aliphatic rings. The summed E-state index contributed by atoms with van der Waals surface area (Å²) in [7, 11) is 1.65. The van der Waals surface area contributed by atoms with Crippen LogP contribution in [0.15, 0.2) is 42.3 Å². The predicted molar refractivity (Wildman–Crippen MR) is 97.8 cm³/mol. The number of ether oxygens (including phenoxy) is 1. The zero-order valence-corrected chi connectivity index (χ0v) is 14.4. The Morgan fingerprint density at radius 3 is 3.04 bits per heavy atom. The Morgan fingerprint density at radius 1 is 1.19 bits per heavy atom. The van der Waals surface area contributed by atoms with Crippen molar-refractivity contribution in [1.29, 1.82) is 0 Å². The Bertz CT molecular complexity index is 1220. The number of para-hydroxylation sites is 1. The number of hydrogen-bond donors (Lipinski definition) is 2. The number of imidazole rings is 1. The Morgan fingerprint density at radius 2 is 2.12 bits per heavy atom. The lowest BCUT2D eigenvalue weighted by atomic mass is 10.1. The highest BCUT2D eigenvalue weighted by Gasteiger charge is 2.15. The fourth-order valence-corrected chi connectivity index (χ4v) is 3.56. The van der Waals surface area contributed by atoms with E-state index in [4.69, 9.17) is 4.74 Å². The molecule has 128 valence electrons.